The predicted octanol–water partition coefficient (Wildman–Crippen LogP) is -0.352. The zero-order valence-corrected chi connectivity index (χ0v) is 9.55. The first-order valence-electron chi connectivity index (χ1n) is 5.77. The molecule has 2 heterocycles. The van der Waals surface area contributed by atoms with Gasteiger partial charge in [0, 0.05) is 11.6 Å². The molecule has 1 aliphatic heterocycles. The van der Waals surface area contributed by atoms with Crippen LogP contribution in [0.15, 0.2) is 30.5 Å². The fourth-order valence-corrected chi connectivity index (χ4v) is 2.21. The normalized spacial score (nSPS) is 32.2. The Kier molecular flexibility index (Phi) is 2.79. The molecule has 1 aliphatic rings. The van der Waals surface area contributed by atoms with Crippen LogP contribution in [0.5, 0.6) is 0 Å². The van der Waals surface area contributed by atoms with Crippen LogP contribution in [0, 0.1) is 0 Å². The second-order valence-electron chi connectivity index (χ2n) is 4.40. The molecule has 0 radical (unpaired) electrons. The topological polar surface area (TPSA) is 87.7 Å². The van der Waals surface area contributed by atoms with Crippen molar-refractivity contribution in [1.29, 1.82) is 0 Å². The van der Waals surface area contributed by atoms with Gasteiger partial charge in [0.15, 0.2) is 6.23 Å². The number of ether oxygens (including phenoxy) is 1. The van der Waals surface area contributed by atoms with Gasteiger partial charge < -0.3 is 20.1 Å². The van der Waals surface area contributed by atoms with Crippen LogP contribution in [0.25, 0.3) is 10.9 Å². The molecule has 1 fully saturated rings. The molecule has 1 aromatic carbocycles. The third-order valence-electron chi connectivity index (χ3n) is 3.21. The first-order valence-corrected chi connectivity index (χ1v) is 5.77. The molecule has 3 N–H and O–H groups in total. The zero-order chi connectivity index (χ0) is 12.7. The fourth-order valence-electron chi connectivity index (χ4n) is 2.21. The van der Waals surface area contributed by atoms with Gasteiger partial charge in [-0.3, -0.25) is 0 Å². The minimum Gasteiger partial charge on any atom is -0.394 e. The van der Waals surface area contributed by atoms with E-state index in [9.17, 15) is 10.2 Å². The highest BCUT2D eigenvalue weighted by Gasteiger charge is 2.43. The molecular weight excluding hydrogens is 236 g/mol. The van der Waals surface area contributed by atoms with Gasteiger partial charge in [-0.2, -0.15) is 5.10 Å². The van der Waals surface area contributed by atoms with Gasteiger partial charge in [-0.1, -0.05) is 18.2 Å². The maximum Gasteiger partial charge on any atom is 0.179 e. The molecule has 4 atom stereocenters. The molecule has 18 heavy (non-hydrogen) atoms. The summed E-state index contributed by atoms with van der Waals surface area (Å²) in [6.45, 7) is -0.338. The summed E-state index contributed by atoms with van der Waals surface area (Å²) < 4.78 is 6.88. The van der Waals surface area contributed by atoms with Crippen molar-refractivity contribution in [1.82, 2.24) is 9.78 Å². The first kappa shape index (κ1) is 11.6. The van der Waals surface area contributed by atoms with Crippen molar-refractivity contribution in [2.75, 3.05) is 6.61 Å². The minimum absolute atomic E-state index is 0.338. The van der Waals surface area contributed by atoms with Crippen molar-refractivity contribution in [3.05, 3.63) is 30.5 Å². The van der Waals surface area contributed by atoms with Crippen LogP contribution >= 0.6 is 0 Å². The monoisotopic (exact) mass is 250 g/mol. The Labute approximate surface area is 103 Å². The molecule has 2 aromatic rings. The van der Waals surface area contributed by atoms with E-state index in [2.05, 4.69) is 5.10 Å². The quantitative estimate of drug-likeness (QED) is 0.678. The van der Waals surface area contributed by atoms with Crippen molar-refractivity contribution in [2.24, 2.45) is 0 Å². The highest BCUT2D eigenvalue weighted by molar-refractivity contribution is 5.77. The number of hydrogen-bond acceptors (Lipinski definition) is 5. The lowest BCUT2D eigenvalue weighted by molar-refractivity contribution is -0.0582. The smallest absolute Gasteiger partial charge is 0.179 e. The molecule has 0 aliphatic carbocycles. The summed E-state index contributed by atoms with van der Waals surface area (Å²) in [5, 5.41) is 33.8. The lowest BCUT2D eigenvalue weighted by atomic mass is 10.1. The van der Waals surface area contributed by atoms with Crippen LogP contribution in [-0.2, 0) is 4.74 Å². The van der Waals surface area contributed by atoms with Gasteiger partial charge in [-0.15, -0.1) is 0 Å². The molecule has 1 aromatic heterocycles. The van der Waals surface area contributed by atoms with Gasteiger partial charge in [0.05, 0.1) is 12.1 Å². The molecule has 0 bridgehead atoms. The predicted molar refractivity (Wildman–Crippen MR) is 62.7 cm³/mol. The average molecular weight is 250 g/mol. The van der Waals surface area contributed by atoms with Gasteiger partial charge in [0.1, 0.15) is 18.3 Å². The molecule has 6 nitrogen and oxygen atoms in total. The van der Waals surface area contributed by atoms with E-state index in [1.165, 1.54) is 4.68 Å². The molecule has 3 rings (SSSR count). The summed E-state index contributed by atoms with van der Waals surface area (Å²) >= 11 is 0. The van der Waals surface area contributed by atoms with E-state index in [0.29, 0.717) is 0 Å². The summed E-state index contributed by atoms with van der Waals surface area (Å²) in [6.07, 6.45) is -2.01. The number of nitrogens with zero attached hydrogens (tertiary/aromatic N) is 2. The lowest BCUT2D eigenvalue weighted by Gasteiger charge is -2.14. The average Bonchev–Trinajstić information content (AvgIpc) is 2.92. The van der Waals surface area contributed by atoms with E-state index >= 15 is 0 Å². The summed E-state index contributed by atoms with van der Waals surface area (Å²) in [6, 6.07) is 7.52. The van der Waals surface area contributed by atoms with E-state index in [0.717, 1.165) is 10.9 Å². The molecule has 0 unspecified atom stereocenters. The van der Waals surface area contributed by atoms with E-state index < -0.39 is 24.5 Å². The Hall–Kier alpha value is -1.47. The number of aliphatic hydroxyl groups is 3. The Balaban J connectivity index is 1.95. The number of hydrogen-bond donors (Lipinski definition) is 3. The van der Waals surface area contributed by atoms with Gasteiger partial charge in [-0.25, -0.2) is 4.68 Å². The molecule has 96 valence electrons. The summed E-state index contributed by atoms with van der Waals surface area (Å²) in [5.74, 6) is 0. The lowest BCUT2D eigenvalue weighted by Crippen LogP contribution is -2.33. The standard InChI is InChI=1S/C12H14N2O4/c15-6-9-10(16)11(17)12(18-9)14-5-7-3-1-2-4-8(7)13-14/h1-5,9-12,15-17H,6H2/t9-,10+,11-,12-/m0/s1. The molecule has 6 heteroatoms. The summed E-state index contributed by atoms with van der Waals surface area (Å²) in [4.78, 5) is 0. The van der Waals surface area contributed by atoms with Gasteiger partial charge >= 0.3 is 0 Å². The molecule has 0 amide bonds. The highest BCUT2D eigenvalue weighted by atomic mass is 16.6. The Morgan fingerprint density at radius 1 is 1.22 bits per heavy atom. The first-order chi connectivity index (χ1) is 8.70. The number of fused-ring (bicyclic) bond motifs is 1. The number of benzene rings is 1. The third kappa shape index (κ3) is 1.70. The van der Waals surface area contributed by atoms with E-state index in [1.807, 2.05) is 24.3 Å². The van der Waals surface area contributed by atoms with E-state index in [-0.39, 0.29) is 6.61 Å². The van der Waals surface area contributed by atoms with Gasteiger partial charge in [0.25, 0.3) is 0 Å². The number of aromatic nitrogens is 2. The van der Waals surface area contributed by atoms with Crippen LogP contribution in [-0.4, -0.2) is 50.0 Å². The van der Waals surface area contributed by atoms with Crippen LogP contribution in [0.2, 0.25) is 0 Å². The Bertz CT molecular complexity index is 523. The second-order valence-corrected chi connectivity index (χ2v) is 4.40. The van der Waals surface area contributed by atoms with Crippen LogP contribution in [0.1, 0.15) is 6.23 Å². The van der Waals surface area contributed by atoms with Crippen molar-refractivity contribution in [2.45, 2.75) is 24.5 Å². The molecule has 0 spiro atoms. The Morgan fingerprint density at radius 3 is 2.67 bits per heavy atom. The molecule has 1 saturated heterocycles. The SMILES string of the molecule is OC[C@@H]1O[C@H](n2cc3ccccc3n2)[C@@H](O)[C@@H]1O. The van der Waals surface area contributed by atoms with E-state index in [1.54, 1.807) is 6.20 Å². The highest BCUT2D eigenvalue weighted by Crippen LogP contribution is 2.29. The van der Waals surface area contributed by atoms with Crippen molar-refractivity contribution >= 4 is 10.9 Å². The van der Waals surface area contributed by atoms with Gasteiger partial charge in [-0.05, 0) is 6.07 Å². The Morgan fingerprint density at radius 2 is 2.00 bits per heavy atom. The van der Waals surface area contributed by atoms with Crippen LogP contribution < -0.4 is 0 Å². The maximum atomic E-state index is 9.89. The summed E-state index contributed by atoms with van der Waals surface area (Å²) in [7, 11) is 0. The van der Waals surface area contributed by atoms with Crippen LogP contribution in [0.4, 0.5) is 0 Å². The zero-order valence-electron chi connectivity index (χ0n) is 9.55. The maximum absolute atomic E-state index is 9.89. The fraction of sp³-hybridized carbons (Fsp3) is 0.417. The van der Waals surface area contributed by atoms with Crippen molar-refractivity contribution in [3.8, 4) is 0 Å². The largest absolute Gasteiger partial charge is 0.394 e. The third-order valence-corrected chi connectivity index (χ3v) is 3.21. The number of rotatable bonds is 2. The van der Waals surface area contributed by atoms with Crippen molar-refractivity contribution < 1.29 is 20.1 Å². The van der Waals surface area contributed by atoms with E-state index in [4.69, 9.17) is 9.84 Å². The van der Waals surface area contributed by atoms with Crippen LogP contribution in [0.3, 0.4) is 0 Å². The molecular formula is C12H14N2O4. The van der Waals surface area contributed by atoms with Crippen molar-refractivity contribution in [3.63, 3.8) is 0 Å². The second kappa shape index (κ2) is 4.33. The van der Waals surface area contributed by atoms with Gasteiger partial charge in [0.2, 0.25) is 0 Å². The summed E-state index contributed by atoms with van der Waals surface area (Å²) in [5.41, 5.74) is 0.787. The molecule has 0 saturated carbocycles. The minimum atomic E-state index is -1.10. The number of aliphatic hydroxyl groups excluding tert-OH is 3.